The third-order valence-electron chi connectivity index (χ3n) is 3.67. The minimum absolute atomic E-state index is 0.352. The van der Waals surface area contributed by atoms with Crippen LogP contribution >= 0.6 is 0 Å². The smallest absolute Gasteiger partial charge is 0.339 e. The van der Waals surface area contributed by atoms with Gasteiger partial charge in [-0.05, 0) is 36.2 Å². The number of carbonyl (C=O) groups excluding carboxylic acids is 1. The van der Waals surface area contributed by atoms with Gasteiger partial charge in [0.25, 0.3) is 0 Å². The molecule has 0 amide bonds. The Kier molecular flexibility index (Phi) is 5.41. The van der Waals surface area contributed by atoms with Crippen molar-refractivity contribution < 1.29 is 9.53 Å². The second kappa shape index (κ2) is 8.10. The minimum atomic E-state index is -0.352. The minimum Gasteiger partial charge on any atom is -0.462 e. The Bertz CT molecular complexity index is 796. The Morgan fingerprint density at radius 2 is 1.96 bits per heavy atom. The lowest BCUT2D eigenvalue weighted by atomic mass is 10.1. The number of esters is 1. The van der Waals surface area contributed by atoms with Crippen molar-refractivity contribution in [1.29, 1.82) is 0 Å². The number of aromatic nitrogens is 3. The lowest BCUT2D eigenvalue weighted by Gasteiger charge is -2.08. The summed E-state index contributed by atoms with van der Waals surface area (Å²) in [5, 5.41) is 7.45. The van der Waals surface area contributed by atoms with E-state index in [9.17, 15) is 4.79 Å². The molecular weight excluding hydrogens is 316 g/mol. The maximum absolute atomic E-state index is 11.6. The van der Waals surface area contributed by atoms with Crippen LogP contribution in [0.2, 0.25) is 0 Å². The van der Waals surface area contributed by atoms with E-state index in [0.29, 0.717) is 24.5 Å². The number of hydrogen-bond acceptors (Lipinski definition) is 5. The van der Waals surface area contributed by atoms with Crippen LogP contribution in [0.25, 0.3) is 0 Å². The van der Waals surface area contributed by atoms with E-state index < -0.39 is 0 Å². The van der Waals surface area contributed by atoms with Gasteiger partial charge in [0.2, 0.25) is 0 Å². The van der Waals surface area contributed by atoms with Crippen molar-refractivity contribution in [1.82, 2.24) is 14.8 Å². The highest BCUT2D eigenvalue weighted by molar-refractivity contribution is 5.89. The van der Waals surface area contributed by atoms with Crippen LogP contribution in [0.15, 0.2) is 61.1 Å². The lowest BCUT2D eigenvalue weighted by molar-refractivity contribution is 0.0526. The zero-order valence-electron chi connectivity index (χ0n) is 14.1. The van der Waals surface area contributed by atoms with Gasteiger partial charge in [0, 0.05) is 25.1 Å². The van der Waals surface area contributed by atoms with Crippen molar-refractivity contribution in [3.8, 4) is 0 Å². The number of pyridine rings is 1. The Labute approximate surface area is 146 Å². The van der Waals surface area contributed by atoms with Gasteiger partial charge in [-0.1, -0.05) is 24.3 Å². The van der Waals surface area contributed by atoms with Crippen LogP contribution in [0.4, 0.5) is 5.82 Å². The molecule has 0 saturated carbocycles. The Morgan fingerprint density at radius 1 is 1.16 bits per heavy atom. The first kappa shape index (κ1) is 16.7. The van der Waals surface area contributed by atoms with Gasteiger partial charge >= 0.3 is 5.97 Å². The van der Waals surface area contributed by atoms with Gasteiger partial charge in [0.05, 0.1) is 18.7 Å². The maximum Gasteiger partial charge on any atom is 0.339 e. The average molecular weight is 336 g/mol. The van der Waals surface area contributed by atoms with E-state index in [-0.39, 0.29) is 5.97 Å². The second-order valence-corrected chi connectivity index (χ2v) is 5.53. The molecule has 0 fully saturated rings. The molecule has 0 saturated heterocycles. The molecule has 0 aliphatic carbocycles. The molecule has 1 aromatic carbocycles. The van der Waals surface area contributed by atoms with Gasteiger partial charge < -0.3 is 10.1 Å². The zero-order chi connectivity index (χ0) is 17.5. The number of carbonyl (C=O) groups is 1. The normalized spacial score (nSPS) is 10.4. The summed E-state index contributed by atoms with van der Waals surface area (Å²) >= 11 is 0. The molecule has 3 rings (SSSR count). The van der Waals surface area contributed by atoms with Gasteiger partial charge in [-0.15, -0.1) is 0 Å². The first-order valence-electron chi connectivity index (χ1n) is 8.17. The molecule has 0 atom stereocenters. The Balaban J connectivity index is 1.53. The number of nitrogens with zero attached hydrogens (tertiary/aromatic N) is 3. The molecule has 3 aromatic rings. The van der Waals surface area contributed by atoms with Crippen molar-refractivity contribution >= 4 is 11.8 Å². The van der Waals surface area contributed by atoms with Gasteiger partial charge in [0.1, 0.15) is 5.82 Å². The van der Waals surface area contributed by atoms with E-state index in [4.69, 9.17) is 4.74 Å². The largest absolute Gasteiger partial charge is 0.462 e. The number of ether oxygens (including phenoxy) is 1. The van der Waals surface area contributed by atoms with Crippen molar-refractivity contribution in [2.45, 2.75) is 20.0 Å². The van der Waals surface area contributed by atoms with E-state index in [1.54, 1.807) is 25.3 Å². The van der Waals surface area contributed by atoms with Crippen molar-refractivity contribution in [3.63, 3.8) is 0 Å². The van der Waals surface area contributed by atoms with Crippen LogP contribution < -0.4 is 5.32 Å². The first-order valence-corrected chi connectivity index (χ1v) is 8.17. The molecule has 128 valence electrons. The lowest BCUT2D eigenvalue weighted by Crippen LogP contribution is -2.06. The quantitative estimate of drug-likeness (QED) is 0.671. The zero-order valence-corrected chi connectivity index (χ0v) is 14.1. The van der Waals surface area contributed by atoms with E-state index in [1.807, 2.05) is 16.9 Å². The predicted octanol–water partition coefficient (Wildman–Crippen LogP) is 3.12. The summed E-state index contributed by atoms with van der Waals surface area (Å²) < 4.78 is 6.83. The highest BCUT2D eigenvalue weighted by atomic mass is 16.5. The van der Waals surface area contributed by atoms with Gasteiger partial charge in [-0.3, -0.25) is 4.68 Å². The van der Waals surface area contributed by atoms with Crippen molar-refractivity contribution in [2.24, 2.45) is 0 Å². The third-order valence-corrected chi connectivity index (χ3v) is 3.67. The summed E-state index contributed by atoms with van der Waals surface area (Å²) in [5.41, 5.74) is 2.81. The molecule has 0 unspecified atom stereocenters. The number of anilines is 1. The predicted molar refractivity (Wildman–Crippen MR) is 95.3 cm³/mol. The van der Waals surface area contributed by atoms with Crippen LogP contribution in [-0.2, 0) is 17.8 Å². The molecule has 2 aromatic heterocycles. The molecule has 0 aliphatic rings. The maximum atomic E-state index is 11.6. The van der Waals surface area contributed by atoms with E-state index in [0.717, 1.165) is 12.1 Å². The molecule has 6 nitrogen and oxygen atoms in total. The van der Waals surface area contributed by atoms with Crippen LogP contribution in [0.5, 0.6) is 0 Å². The van der Waals surface area contributed by atoms with Crippen molar-refractivity contribution in [3.05, 3.63) is 77.7 Å². The summed E-state index contributed by atoms with van der Waals surface area (Å²) in [5.74, 6) is 0.364. The standard InChI is InChI=1S/C19H20N4O2/c1-2-25-19(24)17-8-9-18(21-13-17)20-12-15-4-6-16(7-5-15)14-23-11-3-10-22-23/h3-11,13H,2,12,14H2,1H3,(H,20,21). The molecule has 25 heavy (non-hydrogen) atoms. The summed E-state index contributed by atoms with van der Waals surface area (Å²) in [4.78, 5) is 15.8. The summed E-state index contributed by atoms with van der Waals surface area (Å²) in [6.45, 7) is 3.56. The molecule has 2 heterocycles. The van der Waals surface area contributed by atoms with Crippen molar-refractivity contribution in [2.75, 3.05) is 11.9 Å². The average Bonchev–Trinajstić information content (AvgIpc) is 3.15. The highest BCUT2D eigenvalue weighted by Crippen LogP contribution is 2.10. The first-order chi connectivity index (χ1) is 12.2. The number of rotatable bonds is 7. The fourth-order valence-corrected chi connectivity index (χ4v) is 2.37. The van der Waals surface area contributed by atoms with E-state index >= 15 is 0 Å². The second-order valence-electron chi connectivity index (χ2n) is 5.53. The molecule has 0 spiro atoms. The van der Waals surface area contributed by atoms with Gasteiger partial charge in [0.15, 0.2) is 0 Å². The van der Waals surface area contributed by atoms with Crippen LogP contribution in [0, 0.1) is 0 Å². The van der Waals surface area contributed by atoms with Crippen LogP contribution in [0.1, 0.15) is 28.4 Å². The number of nitrogens with one attached hydrogen (secondary N) is 1. The highest BCUT2D eigenvalue weighted by Gasteiger charge is 2.06. The fraction of sp³-hybridized carbons (Fsp3) is 0.211. The molecule has 6 heteroatoms. The molecule has 0 bridgehead atoms. The fourth-order valence-electron chi connectivity index (χ4n) is 2.37. The summed E-state index contributed by atoms with van der Waals surface area (Å²) in [6.07, 6.45) is 5.24. The van der Waals surface area contributed by atoms with Crippen LogP contribution in [-0.4, -0.2) is 27.3 Å². The van der Waals surface area contributed by atoms with Crippen LogP contribution in [0.3, 0.4) is 0 Å². The van der Waals surface area contributed by atoms with E-state index in [2.05, 4.69) is 39.7 Å². The summed E-state index contributed by atoms with van der Waals surface area (Å²) in [6, 6.07) is 13.8. The van der Waals surface area contributed by atoms with E-state index in [1.165, 1.54) is 11.8 Å². The van der Waals surface area contributed by atoms with Gasteiger partial charge in [-0.25, -0.2) is 9.78 Å². The Hall–Kier alpha value is -3.15. The molecule has 1 N–H and O–H groups in total. The topological polar surface area (TPSA) is 69.0 Å². The summed E-state index contributed by atoms with van der Waals surface area (Å²) in [7, 11) is 0. The number of hydrogen-bond donors (Lipinski definition) is 1. The molecule has 0 aliphatic heterocycles. The SMILES string of the molecule is CCOC(=O)c1ccc(NCc2ccc(Cn3cccn3)cc2)nc1. The van der Waals surface area contributed by atoms with Gasteiger partial charge in [-0.2, -0.15) is 5.10 Å². The Morgan fingerprint density at radius 3 is 2.60 bits per heavy atom. The molecule has 0 radical (unpaired) electrons. The number of benzene rings is 1. The monoisotopic (exact) mass is 336 g/mol. The molecular formula is C19H20N4O2. The third kappa shape index (κ3) is 4.67.